The number of halogens is 1. The first-order valence-electron chi connectivity index (χ1n) is 6.18. The molecule has 0 aliphatic carbocycles. The second-order valence-corrected chi connectivity index (χ2v) is 6.09. The maximum Gasteiger partial charge on any atom is 0.123 e. The highest BCUT2D eigenvalue weighted by Gasteiger charge is 2.19. The Bertz CT molecular complexity index is 354. The highest BCUT2D eigenvalue weighted by molar-refractivity contribution is 7.99. The van der Waals surface area contributed by atoms with Crippen LogP contribution >= 0.6 is 11.8 Å². The van der Waals surface area contributed by atoms with Crippen molar-refractivity contribution in [2.75, 3.05) is 11.5 Å². The first-order chi connectivity index (χ1) is 8.15. The van der Waals surface area contributed by atoms with Crippen molar-refractivity contribution in [1.29, 1.82) is 0 Å². The van der Waals surface area contributed by atoms with Gasteiger partial charge in [-0.3, -0.25) is 0 Å². The van der Waals surface area contributed by atoms with Crippen molar-refractivity contribution in [3.8, 4) is 0 Å². The van der Waals surface area contributed by atoms with Gasteiger partial charge in [0.15, 0.2) is 0 Å². The molecule has 1 aliphatic heterocycles. The summed E-state index contributed by atoms with van der Waals surface area (Å²) in [5.74, 6) is 2.73. The van der Waals surface area contributed by atoms with Crippen LogP contribution in [0.5, 0.6) is 0 Å². The van der Waals surface area contributed by atoms with Crippen molar-refractivity contribution in [1.82, 2.24) is 0 Å². The molecular weight excluding hydrogens is 235 g/mol. The Labute approximate surface area is 106 Å². The number of aliphatic hydroxyl groups is 1. The summed E-state index contributed by atoms with van der Waals surface area (Å²) in [4.78, 5) is 0. The Morgan fingerprint density at radius 3 is 2.71 bits per heavy atom. The number of aliphatic hydroxyl groups excluding tert-OH is 1. The van der Waals surface area contributed by atoms with Crippen molar-refractivity contribution in [3.63, 3.8) is 0 Å². The molecule has 1 unspecified atom stereocenters. The van der Waals surface area contributed by atoms with Gasteiger partial charge in [0.2, 0.25) is 0 Å². The van der Waals surface area contributed by atoms with E-state index in [4.69, 9.17) is 0 Å². The molecule has 0 amide bonds. The molecule has 1 atom stereocenters. The number of benzene rings is 1. The highest BCUT2D eigenvalue weighted by Crippen LogP contribution is 2.31. The molecule has 0 saturated carbocycles. The van der Waals surface area contributed by atoms with Crippen LogP contribution in [0.15, 0.2) is 18.2 Å². The quantitative estimate of drug-likeness (QED) is 0.887. The maximum atomic E-state index is 13.3. The van der Waals surface area contributed by atoms with E-state index >= 15 is 0 Å². The minimum Gasteiger partial charge on any atom is -0.388 e. The standard InChI is InChI=1S/C14H19FOS/c1-10-6-12(9-13(15)7-10)14(16)8-11-2-4-17-5-3-11/h6-7,9,11,14,16H,2-5,8H2,1H3. The predicted octanol–water partition coefficient (Wildman–Crippen LogP) is 3.70. The monoisotopic (exact) mass is 254 g/mol. The summed E-state index contributed by atoms with van der Waals surface area (Å²) in [5.41, 5.74) is 1.60. The van der Waals surface area contributed by atoms with Crippen molar-refractivity contribution < 1.29 is 9.50 Å². The summed E-state index contributed by atoms with van der Waals surface area (Å²) >= 11 is 1.98. The van der Waals surface area contributed by atoms with Gasteiger partial charge in [-0.25, -0.2) is 4.39 Å². The van der Waals surface area contributed by atoms with E-state index in [-0.39, 0.29) is 5.82 Å². The van der Waals surface area contributed by atoms with E-state index in [1.165, 1.54) is 36.5 Å². The zero-order chi connectivity index (χ0) is 12.3. The summed E-state index contributed by atoms with van der Waals surface area (Å²) in [6.45, 7) is 1.86. The fourth-order valence-corrected chi connectivity index (χ4v) is 3.60. The predicted molar refractivity (Wildman–Crippen MR) is 70.8 cm³/mol. The number of hydrogen-bond acceptors (Lipinski definition) is 2. The van der Waals surface area contributed by atoms with Gasteiger partial charge in [-0.15, -0.1) is 0 Å². The summed E-state index contributed by atoms with van der Waals surface area (Å²) in [6.07, 6.45) is 2.60. The second kappa shape index (κ2) is 5.87. The molecule has 1 heterocycles. The van der Waals surface area contributed by atoms with Crippen molar-refractivity contribution >= 4 is 11.8 Å². The molecule has 1 aromatic carbocycles. The van der Waals surface area contributed by atoms with Crippen LogP contribution in [0.1, 0.15) is 36.5 Å². The zero-order valence-electron chi connectivity index (χ0n) is 10.2. The lowest BCUT2D eigenvalue weighted by molar-refractivity contribution is 0.140. The Kier molecular flexibility index (Phi) is 4.46. The van der Waals surface area contributed by atoms with Gasteiger partial charge in [0.25, 0.3) is 0 Å². The average molecular weight is 254 g/mol. The molecule has 2 rings (SSSR count). The molecule has 0 bridgehead atoms. The van der Waals surface area contributed by atoms with Gasteiger partial charge < -0.3 is 5.11 Å². The van der Waals surface area contributed by atoms with Gasteiger partial charge in [0, 0.05) is 0 Å². The van der Waals surface area contributed by atoms with Gasteiger partial charge in [-0.2, -0.15) is 11.8 Å². The van der Waals surface area contributed by atoms with Crippen LogP contribution in [0.4, 0.5) is 4.39 Å². The Morgan fingerprint density at radius 1 is 1.35 bits per heavy atom. The van der Waals surface area contributed by atoms with Crippen LogP contribution in [-0.4, -0.2) is 16.6 Å². The molecule has 94 valence electrons. The van der Waals surface area contributed by atoms with Crippen molar-refractivity contribution in [2.45, 2.75) is 32.3 Å². The molecule has 1 aliphatic rings. The lowest BCUT2D eigenvalue weighted by atomic mass is 9.92. The van der Waals surface area contributed by atoms with Crippen LogP contribution in [0.2, 0.25) is 0 Å². The van der Waals surface area contributed by atoms with Gasteiger partial charge >= 0.3 is 0 Å². The topological polar surface area (TPSA) is 20.2 Å². The fourth-order valence-electron chi connectivity index (χ4n) is 2.39. The minimum atomic E-state index is -0.516. The van der Waals surface area contributed by atoms with Crippen LogP contribution < -0.4 is 0 Å². The Morgan fingerprint density at radius 2 is 2.06 bits per heavy atom. The van der Waals surface area contributed by atoms with E-state index in [0.29, 0.717) is 5.92 Å². The summed E-state index contributed by atoms with van der Waals surface area (Å²) in [5, 5.41) is 10.1. The molecule has 3 heteroatoms. The summed E-state index contributed by atoms with van der Waals surface area (Å²) in [7, 11) is 0. The van der Waals surface area contributed by atoms with Crippen LogP contribution in [-0.2, 0) is 0 Å². The molecule has 1 nitrogen and oxygen atoms in total. The molecular formula is C14H19FOS. The maximum absolute atomic E-state index is 13.3. The Balaban J connectivity index is 2.00. The fraction of sp³-hybridized carbons (Fsp3) is 0.571. The minimum absolute atomic E-state index is 0.252. The molecule has 0 spiro atoms. The van der Waals surface area contributed by atoms with Gasteiger partial charge in [-0.1, -0.05) is 6.07 Å². The number of thioether (sulfide) groups is 1. The van der Waals surface area contributed by atoms with Crippen LogP contribution in [0, 0.1) is 18.7 Å². The lowest BCUT2D eigenvalue weighted by Crippen LogP contribution is -2.13. The van der Waals surface area contributed by atoms with E-state index in [1.807, 2.05) is 24.8 Å². The van der Waals surface area contributed by atoms with E-state index in [0.717, 1.165) is 17.5 Å². The first kappa shape index (κ1) is 12.9. The summed E-state index contributed by atoms with van der Waals surface area (Å²) < 4.78 is 13.3. The normalized spacial score (nSPS) is 19.2. The zero-order valence-corrected chi connectivity index (χ0v) is 11.0. The third kappa shape index (κ3) is 3.71. The van der Waals surface area contributed by atoms with Gasteiger partial charge in [-0.05, 0) is 66.9 Å². The lowest BCUT2D eigenvalue weighted by Gasteiger charge is -2.24. The van der Waals surface area contributed by atoms with E-state index in [2.05, 4.69) is 0 Å². The third-order valence-electron chi connectivity index (χ3n) is 3.35. The SMILES string of the molecule is Cc1cc(F)cc(C(O)CC2CCSCC2)c1. The van der Waals surface area contributed by atoms with E-state index in [1.54, 1.807) is 0 Å². The molecule has 1 saturated heterocycles. The van der Waals surface area contributed by atoms with Gasteiger partial charge in [0.05, 0.1) is 6.10 Å². The number of hydrogen-bond donors (Lipinski definition) is 1. The van der Waals surface area contributed by atoms with E-state index < -0.39 is 6.10 Å². The molecule has 0 radical (unpaired) electrons. The van der Waals surface area contributed by atoms with Crippen LogP contribution in [0.25, 0.3) is 0 Å². The number of rotatable bonds is 3. The molecule has 17 heavy (non-hydrogen) atoms. The molecule has 1 fully saturated rings. The smallest absolute Gasteiger partial charge is 0.123 e. The van der Waals surface area contributed by atoms with Gasteiger partial charge in [0.1, 0.15) is 5.82 Å². The van der Waals surface area contributed by atoms with E-state index in [9.17, 15) is 9.50 Å². The largest absolute Gasteiger partial charge is 0.388 e. The highest BCUT2D eigenvalue weighted by atomic mass is 32.2. The Hall–Kier alpha value is -0.540. The summed E-state index contributed by atoms with van der Waals surface area (Å²) in [6, 6.07) is 4.83. The molecule has 0 aromatic heterocycles. The number of aryl methyl sites for hydroxylation is 1. The third-order valence-corrected chi connectivity index (χ3v) is 4.40. The van der Waals surface area contributed by atoms with Crippen molar-refractivity contribution in [3.05, 3.63) is 35.1 Å². The average Bonchev–Trinajstić information content (AvgIpc) is 2.29. The second-order valence-electron chi connectivity index (χ2n) is 4.87. The first-order valence-corrected chi connectivity index (χ1v) is 7.33. The van der Waals surface area contributed by atoms with Crippen LogP contribution in [0.3, 0.4) is 0 Å². The molecule has 1 N–H and O–H groups in total. The molecule has 1 aromatic rings. The van der Waals surface area contributed by atoms with Crippen molar-refractivity contribution in [2.24, 2.45) is 5.92 Å².